The van der Waals surface area contributed by atoms with Crippen LogP contribution in [0.1, 0.15) is 69.2 Å². The minimum atomic E-state index is -4.50. The summed E-state index contributed by atoms with van der Waals surface area (Å²) < 4.78 is 66.9. The lowest BCUT2D eigenvalue weighted by Crippen LogP contribution is -2.36. The molecule has 1 aromatic rings. The predicted molar refractivity (Wildman–Crippen MR) is 85.2 cm³/mol. The van der Waals surface area contributed by atoms with E-state index in [4.69, 9.17) is 0 Å². The number of hydrogen-bond donors (Lipinski definition) is 1. The minimum Gasteiger partial charge on any atom is -0.311 e. The van der Waals surface area contributed by atoms with E-state index >= 15 is 0 Å². The van der Waals surface area contributed by atoms with Crippen molar-refractivity contribution in [1.82, 2.24) is 9.78 Å². The van der Waals surface area contributed by atoms with Crippen LogP contribution < -0.4 is 5.32 Å². The van der Waals surface area contributed by atoms with Crippen molar-refractivity contribution in [1.29, 1.82) is 0 Å². The Bertz CT molecular complexity index is 711. The smallest absolute Gasteiger partial charge is 0.311 e. The number of aromatic nitrogens is 2. The molecule has 3 rings (SSSR count). The van der Waals surface area contributed by atoms with Crippen molar-refractivity contribution in [3.63, 3.8) is 0 Å². The van der Waals surface area contributed by atoms with Gasteiger partial charge < -0.3 is 5.32 Å². The molecule has 0 aromatic carbocycles. The van der Waals surface area contributed by atoms with Crippen LogP contribution in [-0.4, -0.2) is 27.8 Å². The number of rotatable bonds is 5. The van der Waals surface area contributed by atoms with Gasteiger partial charge in [-0.15, -0.1) is 0 Å². The topological polar surface area (TPSA) is 46.9 Å². The van der Waals surface area contributed by atoms with E-state index in [1.165, 1.54) is 0 Å². The zero-order valence-corrected chi connectivity index (χ0v) is 14.9. The molecule has 26 heavy (non-hydrogen) atoms. The molecule has 2 aliphatic carbocycles. The van der Waals surface area contributed by atoms with Crippen molar-refractivity contribution in [2.75, 3.05) is 5.32 Å². The van der Waals surface area contributed by atoms with Gasteiger partial charge in [0.05, 0.1) is 17.2 Å². The van der Waals surface area contributed by atoms with E-state index in [1.807, 2.05) is 0 Å². The Morgan fingerprint density at radius 2 is 1.85 bits per heavy atom. The van der Waals surface area contributed by atoms with Crippen LogP contribution in [-0.2, 0) is 4.79 Å². The molecule has 0 spiro atoms. The van der Waals surface area contributed by atoms with Gasteiger partial charge in [0.15, 0.2) is 0 Å². The van der Waals surface area contributed by atoms with Crippen LogP contribution in [0.15, 0.2) is 0 Å². The molecular weight excluding hydrogens is 357 g/mol. The molecular formula is C17H22F5N3O. The van der Waals surface area contributed by atoms with Crippen molar-refractivity contribution in [2.24, 2.45) is 5.41 Å². The molecule has 2 fully saturated rings. The largest absolute Gasteiger partial charge is 0.394 e. The maximum Gasteiger partial charge on any atom is 0.394 e. The molecule has 0 bridgehead atoms. The van der Waals surface area contributed by atoms with Gasteiger partial charge in [-0.1, -0.05) is 13.8 Å². The molecule has 1 N–H and O–H groups in total. The number of nitrogens with one attached hydrogen (secondary N) is 1. The van der Waals surface area contributed by atoms with Gasteiger partial charge in [-0.3, -0.25) is 4.79 Å². The standard InChI is InChI=1S/C17H22F5N3O/c1-9-13(10-6-16(18,19)7-10)24-25(11-4-5-11)14(9)23-12(26)8-15(2,3)17(20,21)22/h10-11H,4-8H2,1-3H3,(H,23,26). The number of carbonyl (C=O) groups is 1. The predicted octanol–water partition coefficient (Wildman–Crippen LogP) is 4.96. The molecule has 0 unspecified atom stereocenters. The van der Waals surface area contributed by atoms with Gasteiger partial charge in [-0.25, -0.2) is 13.5 Å². The van der Waals surface area contributed by atoms with Gasteiger partial charge in [0.1, 0.15) is 5.82 Å². The van der Waals surface area contributed by atoms with Crippen LogP contribution in [0, 0.1) is 12.3 Å². The Hall–Kier alpha value is -1.67. The van der Waals surface area contributed by atoms with Crippen LogP contribution in [0.25, 0.3) is 0 Å². The van der Waals surface area contributed by atoms with E-state index in [0.717, 1.165) is 26.7 Å². The first kappa shape index (κ1) is 19.1. The van der Waals surface area contributed by atoms with Gasteiger partial charge in [0, 0.05) is 30.7 Å². The average Bonchev–Trinajstić information content (AvgIpc) is 3.22. The van der Waals surface area contributed by atoms with E-state index in [2.05, 4.69) is 10.4 Å². The van der Waals surface area contributed by atoms with E-state index in [-0.39, 0.29) is 24.8 Å². The first-order valence-electron chi connectivity index (χ1n) is 8.64. The van der Waals surface area contributed by atoms with Crippen molar-refractivity contribution in [3.8, 4) is 0 Å². The first-order valence-corrected chi connectivity index (χ1v) is 8.64. The molecule has 146 valence electrons. The fourth-order valence-electron chi connectivity index (χ4n) is 3.19. The summed E-state index contributed by atoms with van der Waals surface area (Å²) >= 11 is 0. The van der Waals surface area contributed by atoms with Gasteiger partial charge >= 0.3 is 6.18 Å². The number of carbonyl (C=O) groups excluding carboxylic acids is 1. The van der Waals surface area contributed by atoms with Gasteiger partial charge in [0.2, 0.25) is 11.8 Å². The SMILES string of the molecule is Cc1c(C2CC(F)(F)C2)nn(C2CC2)c1NC(=O)CC(C)(C)C(F)(F)F. The van der Waals surface area contributed by atoms with Crippen LogP contribution in [0.2, 0.25) is 0 Å². The van der Waals surface area contributed by atoms with Crippen LogP contribution in [0.3, 0.4) is 0 Å². The number of hydrogen-bond acceptors (Lipinski definition) is 2. The number of halogens is 5. The molecule has 1 amide bonds. The molecule has 2 aliphatic rings. The Morgan fingerprint density at radius 1 is 1.27 bits per heavy atom. The molecule has 9 heteroatoms. The van der Waals surface area contributed by atoms with Gasteiger partial charge in [-0.2, -0.15) is 18.3 Å². The molecule has 0 aliphatic heterocycles. The lowest BCUT2D eigenvalue weighted by molar-refractivity contribution is -0.213. The van der Waals surface area contributed by atoms with E-state index in [9.17, 15) is 26.7 Å². The highest BCUT2D eigenvalue weighted by Crippen LogP contribution is 2.50. The molecule has 1 heterocycles. The van der Waals surface area contributed by atoms with Crippen molar-refractivity contribution >= 4 is 11.7 Å². The summed E-state index contributed by atoms with van der Waals surface area (Å²) in [5.74, 6) is -3.50. The van der Waals surface area contributed by atoms with Crippen LogP contribution in [0.5, 0.6) is 0 Å². The zero-order valence-electron chi connectivity index (χ0n) is 14.9. The Labute approximate surface area is 148 Å². The average molecular weight is 379 g/mol. The Balaban J connectivity index is 1.79. The molecule has 1 aromatic heterocycles. The highest BCUT2D eigenvalue weighted by atomic mass is 19.4. The normalized spacial score (nSPS) is 20.8. The third-order valence-corrected chi connectivity index (χ3v) is 5.18. The Morgan fingerprint density at radius 3 is 2.31 bits per heavy atom. The third-order valence-electron chi connectivity index (χ3n) is 5.18. The third kappa shape index (κ3) is 3.57. The lowest BCUT2D eigenvalue weighted by Gasteiger charge is -2.34. The number of amides is 1. The molecule has 0 radical (unpaired) electrons. The van der Waals surface area contributed by atoms with Crippen molar-refractivity contribution < 1.29 is 26.7 Å². The monoisotopic (exact) mass is 379 g/mol. The van der Waals surface area contributed by atoms with Crippen LogP contribution >= 0.6 is 0 Å². The number of anilines is 1. The second kappa shape index (κ2) is 5.92. The van der Waals surface area contributed by atoms with Gasteiger partial charge in [0.25, 0.3) is 0 Å². The Kier molecular flexibility index (Phi) is 4.35. The number of alkyl halides is 5. The van der Waals surface area contributed by atoms with E-state index in [1.54, 1.807) is 11.6 Å². The van der Waals surface area contributed by atoms with E-state index in [0.29, 0.717) is 17.1 Å². The lowest BCUT2D eigenvalue weighted by atomic mass is 9.78. The molecule has 0 atom stereocenters. The van der Waals surface area contributed by atoms with Crippen molar-refractivity contribution in [2.45, 2.75) is 76.9 Å². The van der Waals surface area contributed by atoms with Crippen molar-refractivity contribution in [3.05, 3.63) is 11.3 Å². The maximum atomic E-state index is 13.2. The zero-order chi connectivity index (χ0) is 19.5. The summed E-state index contributed by atoms with van der Waals surface area (Å²) in [6.07, 6.45) is -4.11. The van der Waals surface area contributed by atoms with E-state index < -0.39 is 29.8 Å². The highest BCUT2D eigenvalue weighted by Gasteiger charge is 2.49. The molecule has 0 saturated heterocycles. The number of nitrogens with zero attached hydrogens (tertiary/aromatic N) is 2. The summed E-state index contributed by atoms with van der Waals surface area (Å²) in [6.45, 7) is 3.61. The minimum absolute atomic E-state index is 0.0639. The maximum absolute atomic E-state index is 13.2. The fourth-order valence-corrected chi connectivity index (χ4v) is 3.19. The fraction of sp³-hybridized carbons (Fsp3) is 0.765. The second-order valence-corrected chi connectivity index (χ2v) is 8.10. The summed E-state index contributed by atoms with van der Waals surface area (Å²) in [6, 6.07) is 0.0639. The first-order chi connectivity index (χ1) is 11.8. The molecule has 4 nitrogen and oxygen atoms in total. The quantitative estimate of drug-likeness (QED) is 0.736. The summed E-state index contributed by atoms with van der Waals surface area (Å²) in [5.41, 5.74) is -1.09. The molecule has 2 saturated carbocycles. The highest BCUT2D eigenvalue weighted by molar-refractivity contribution is 5.91. The second-order valence-electron chi connectivity index (χ2n) is 8.10. The van der Waals surface area contributed by atoms with Gasteiger partial charge in [-0.05, 0) is 19.8 Å². The summed E-state index contributed by atoms with van der Waals surface area (Å²) in [7, 11) is 0. The summed E-state index contributed by atoms with van der Waals surface area (Å²) in [4.78, 5) is 12.2. The van der Waals surface area contributed by atoms with Crippen LogP contribution in [0.4, 0.5) is 27.8 Å². The summed E-state index contributed by atoms with van der Waals surface area (Å²) in [5, 5.41) is 6.95.